The van der Waals surface area contributed by atoms with Crippen LogP contribution in [0.4, 0.5) is 0 Å². The van der Waals surface area contributed by atoms with Crippen molar-refractivity contribution >= 4 is 22.8 Å². The second-order valence-electron chi connectivity index (χ2n) is 2.62. The predicted octanol–water partition coefficient (Wildman–Crippen LogP) is 1.97. The summed E-state index contributed by atoms with van der Waals surface area (Å²) in [6, 6.07) is 0. The fourth-order valence-electron chi connectivity index (χ4n) is 1.19. The van der Waals surface area contributed by atoms with E-state index in [1.54, 1.807) is 11.8 Å². The molecule has 0 unspecified atom stereocenters. The molecule has 1 saturated heterocycles. The molecule has 0 spiro atoms. The number of rotatable bonds is 1. The molecule has 0 radical (unpaired) electrons. The molecule has 13 heavy (non-hydrogen) atoms. The van der Waals surface area contributed by atoms with Crippen LogP contribution in [0.15, 0.2) is 21.0 Å². The van der Waals surface area contributed by atoms with Crippen molar-refractivity contribution in [2.45, 2.75) is 13.8 Å². The van der Waals surface area contributed by atoms with Crippen molar-refractivity contribution in [1.29, 1.82) is 0 Å². The molecule has 0 aromatic carbocycles. The maximum Gasteiger partial charge on any atom is 0.169 e. The minimum absolute atomic E-state index is 0.820. The first kappa shape index (κ1) is 10.3. The van der Waals surface area contributed by atoms with Crippen LogP contribution in [0.1, 0.15) is 13.8 Å². The monoisotopic (exact) mass is 197 g/mol. The van der Waals surface area contributed by atoms with Crippen molar-refractivity contribution < 1.29 is 0 Å². The molecule has 1 rings (SSSR count). The van der Waals surface area contributed by atoms with Gasteiger partial charge < -0.3 is 4.90 Å². The SMILES string of the molecule is C/C=C1\SC(=NCC)N(C)C1=NC. The van der Waals surface area contributed by atoms with Crippen molar-refractivity contribution in [3.8, 4) is 0 Å². The van der Waals surface area contributed by atoms with Crippen LogP contribution in [0.3, 0.4) is 0 Å². The molecule has 0 amide bonds. The van der Waals surface area contributed by atoms with Gasteiger partial charge in [0.05, 0.1) is 4.91 Å². The number of hydrogen-bond donors (Lipinski definition) is 0. The van der Waals surface area contributed by atoms with Crippen molar-refractivity contribution in [2.75, 3.05) is 20.6 Å². The Morgan fingerprint density at radius 2 is 2.23 bits per heavy atom. The summed E-state index contributed by atoms with van der Waals surface area (Å²) in [4.78, 5) is 11.8. The van der Waals surface area contributed by atoms with E-state index in [4.69, 9.17) is 0 Å². The van der Waals surface area contributed by atoms with Gasteiger partial charge in [0.1, 0.15) is 5.84 Å². The van der Waals surface area contributed by atoms with E-state index in [1.807, 2.05) is 32.8 Å². The lowest BCUT2D eigenvalue weighted by atomic mass is 10.4. The van der Waals surface area contributed by atoms with Gasteiger partial charge in [-0.3, -0.25) is 9.98 Å². The summed E-state index contributed by atoms with van der Waals surface area (Å²) in [5.41, 5.74) is 0. The largest absolute Gasteiger partial charge is 0.308 e. The van der Waals surface area contributed by atoms with Gasteiger partial charge in [-0.15, -0.1) is 0 Å². The molecule has 0 aromatic heterocycles. The molecule has 1 aliphatic heterocycles. The molecule has 1 aliphatic rings. The Bertz CT molecular complexity index is 279. The Balaban J connectivity index is 2.98. The van der Waals surface area contributed by atoms with E-state index in [2.05, 4.69) is 16.1 Å². The minimum Gasteiger partial charge on any atom is -0.308 e. The third-order valence-electron chi connectivity index (χ3n) is 1.79. The highest BCUT2D eigenvalue weighted by Gasteiger charge is 2.26. The average molecular weight is 197 g/mol. The quantitative estimate of drug-likeness (QED) is 0.643. The molecule has 1 heterocycles. The maximum atomic E-state index is 4.38. The second-order valence-corrected chi connectivity index (χ2v) is 3.63. The Hall–Kier alpha value is -0.770. The molecule has 0 aromatic rings. The van der Waals surface area contributed by atoms with Crippen LogP contribution in [0, 0.1) is 0 Å². The standard InChI is InChI=1S/C9H15N3S/c1-5-7-8(10-3)12(4)9(13-7)11-6-2/h5H,6H2,1-4H3/b7-5-,10-8?,11-9?. The number of allylic oxidation sites excluding steroid dienone is 1. The number of nitrogens with zero attached hydrogens (tertiary/aromatic N) is 3. The third-order valence-corrected chi connectivity index (χ3v) is 3.02. The van der Waals surface area contributed by atoms with Gasteiger partial charge in [-0.25, -0.2) is 0 Å². The third kappa shape index (κ3) is 1.94. The topological polar surface area (TPSA) is 28.0 Å². The van der Waals surface area contributed by atoms with Crippen molar-refractivity contribution in [1.82, 2.24) is 4.90 Å². The van der Waals surface area contributed by atoms with Gasteiger partial charge in [0.2, 0.25) is 0 Å². The normalized spacial score (nSPS) is 26.8. The second kappa shape index (κ2) is 4.46. The first-order valence-electron chi connectivity index (χ1n) is 4.34. The number of aliphatic imine (C=N–C) groups is 2. The first-order chi connectivity index (χ1) is 6.24. The smallest absolute Gasteiger partial charge is 0.169 e. The molecule has 0 N–H and O–H groups in total. The summed E-state index contributed by atoms with van der Waals surface area (Å²) in [5.74, 6) is 1.01. The summed E-state index contributed by atoms with van der Waals surface area (Å²) in [6.07, 6.45) is 2.07. The summed E-state index contributed by atoms with van der Waals surface area (Å²) >= 11 is 1.68. The molecule has 4 heteroatoms. The van der Waals surface area contributed by atoms with Gasteiger partial charge in [-0.2, -0.15) is 0 Å². The molecule has 72 valence electrons. The number of likely N-dealkylation sites (N-methyl/N-ethyl adjacent to an activating group) is 1. The molecule has 1 fully saturated rings. The van der Waals surface area contributed by atoms with Crippen molar-refractivity contribution in [2.24, 2.45) is 9.98 Å². The summed E-state index contributed by atoms with van der Waals surface area (Å²) in [6.45, 7) is 4.88. The highest BCUT2D eigenvalue weighted by molar-refractivity contribution is 8.18. The van der Waals surface area contributed by atoms with E-state index in [0.717, 1.165) is 17.5 Å². The molecule has 0 saturated carbocycles. The highest BCUT2D eigenvalue weighted by atomic mass is 32.2. The first-order valence-corrected chi connectivity index (χ1v) is 5.15. The summed E-state index contributed by atoms with van der Waals surface area (Å²) in [5, 5.41) is 1.04. The van der Waals surface area contributed by atoms with Crippen LogP contribution in [-0.2, 0) is 0 Å². The zero-order valence-corrected chi connectivity index (χ0v) is 9.35. The lowest BCUT2D eigenvalue weighted by Crippen LogP contribution is -2.24. The number of thioether (sulfide) groups is 1. The van der Waals surface area contributed by atoms with E-state index >= 15 is 0 Å². The van der Waals surface area contributed by atoms with Crippen molar-refractivity contribution in [3.05, 3.63) is 11.0 Å². The zero-order chi connectivity index (χ0) is 9.84. The van der Waals surface area contributed by atoms with E-state index in [0.29, 0.717) is 0 Å². The molecule has 3 nitrogen and oxygen atoms in total. The van der Waals surface area contributed by atoms with Crippen LogP contribution < -0.4 is 0 Å². The van der Waals surface area contributed by atoms with Crippen LogP contribution in [0.5, 0.6) is 0 Å². The Morgan fingerprint density at radius 1 is 1.54 bits per heavy atom. The highest BCUT2D eigenvalue weighted by Crippen LogP contribution is 2.30. The van der Waals surface area contributed by atoms with Gasteiger partial charge in [-0.05, 0) is 25.6 Å². The van der Waals surface area contributed by atoms with Crippen LogP contribution >= 0.6 is 11.8 Å². The lowest BCUT2D eigenvalue weighted by Gasteiger charge is -2.10. The zero-order valence-electron chi connectivity index (χ0n) is 8.53. The fourth-order valence-corrected chi connectivity index (χ4v) is 2.24. The average Bonchev–Trinajstić information content (AvgIpc) is 2.44. The van der Waals surface area contributed by atoms with Gasteiger partial charge >= 0.3 is 0 Å². The Labute approximate surface area is 83.6 Å². The van der Waals surface area contributed by atoms with E-state index < -0.39 is 0 Å². The fraction of sp³-hybridized carbons (Fsp3) is 0.556. The molecule has 0 atom stereocenters. The Morgan fingerprint density at radius 3 is 2.62 bits per heavy atom. The number of hydrogen-bond acceptors (Lipinski definition) is 3. The lowest BCUT2D eigenvalue weighted by molar-refractivity contribution is 0.769. The van der Waals surface area contributed by atoms with Gasteiger partial charge in [0.25, 0.3) is 0 Å². The van der Waals surface area contributed by atoms with E-state index in [-0.39, 0.29) is 0 Å². The van der Waals surface area contributed by atoms with E-state index in [1.165, 1.54) is 4.91 Å². The van der Waals surface area contributed by atoms with Crippen molar-refractivity contribution in [3.63, 3.8) is 0 Å². The van der Waals surface area contributed by atoms with Crippen LogP contribution in [-0.4, -0.2) is 36.5 Å². The maximum absolute atomic E-state index is 4.38. The predicted molar refractivity (Wildman–Crippen MR) is 60.4 cm³/mol. The van der Waals surface area contributed by atoms with Crippen LogP contribution in [0.2, 0.25) is 0 Å². The molecular weight excluding hydrogens is 182 g/mol. The summed E-state index contributed by atoms with van der Waals surface area (Å²) in [7, 11) is 3.81. The number of amidine groups is 2. The summed E-state index contributed by atoms with van der Waals surface area (Å²) < 4.78 is 0. The molecule has 0 aliphatic carbocycles. The molecule has 0 bridgehead atoms. The molecular formula is C9H15N3S. The Kier molecular flexibility index (Phi) is 3.54. The van der Waals surface area contributed by atoms with E-state index in [9.17, 15) is 0 Å². The van der Waals surface area contributed by atoms with Gasteiger partial charge in [-0.1, -0.05) is 6.08 Å². The van der Waals surface area contributed by atoms with Gasteiger partial charge in [0, 0.05) is 20.6 Å². The minimum atomic E-state index is 0.820. The van der Waals surface area contributed by atoms with Gasteiger partial charge in [0.15, 0.2) is 5.17 Å². The van der Waals surface area contributed by atoms with Crippen LogP contribution in [0.25, 0.3) is 0 Å².